The summed E-state index contributed by atoms with van der Waals surface area (Å²) < 4.78 is 5.04. The molecule has 0 saturated heterocycles. The predicted molar refractivity (Wildman–Crippen MR) is 103 cm³/mol. The van der Waals surface area contributed by atoms with Crippen molar-refractivity contribution >= 4 is 47.0 Å². The second-order valence-electron chi connectivity index (χ2n) is 4.87. The van der Waals surface area contributed by atoms with E-state index in [-0.39, 0.29) is 24.0 Å². The van der Waals surface area contributed by atoms with Crippen molar-refractivity contribution < 1.29 is 4.74 Å². The van der Waals surface area contributed by atoms with E-state index in [0.717, 1.165) is 16.4 Å². The third-order valence-electron chi connectivity index (χ3n) is 2.77. The number of nitrogens with two attached hydrogens (primary N) is 1. The Morgan fingerprint density at radius 3 is 2.64 bits per heavy atom. The lowest BCUT2D eigenvalue weighted by Crippen LogP contribution is -2.22. The van der Waals surface area contributed by atoms with Gasteiger partial charge in [0.05, 0.1) is 18.8 Å². The molecule has 0 bridgehead atoms. The lowest BCUT2D eigenvalue weighted by Gasteiger charge is -2.07. The van der Waals surface area contributed by atoms with Gasteiger partial charge in [0.2, 0.25) is 0 Å². The average molecular weight is 432 g/mol. The predicted octanol–water partition coefficient (Wildman–Crippen LogP) is 3.45. The zero-order valence-corrected chi connectivity index (χ0v) is 16.1. The summed E-state index contributed by atoms with van der Waals surface area (Å²) in [5, 5.41) is 6.03. The Bertz CT molecular complexity index is 622. The van der Waals surface area contributed by atoms with Crippen molar-refractivity contribution in [1.29, 1.82) is 0 Å². The summed E-state index contributed by atoms with van der Waals surface area (Å²) in [6.07, 6.45) is 0. The maximum Gasteiger partial charge on any atom is 0.193 e. The van der Waals surface area contributed by atoms with E-state index >= 15 is 0 Å². The van der Waals surface area contributed by atoms with Gasteiger partial charge in [-0.3, -0.25) is 0 Å². The van der Waals surface area contributed by atoms with Crippen LogP contribution in [-0.4, -0.2) is 18.1 Å². The molecule has 0 aliphatic heterocycles. The van der Waals surface area contributed by atoms with Gasteiger partial charge in [0.25, 0.3) is 0 Å². The molecule has 2 rings (SSSR count). The molecular formula is C15H21IN4OS. The van der Waals surface area contributed by atoms with E-state index in [9.17, 15) is 0 Å². The van der Waals surface area contributed by atoms with Crippen molar-refractivity contribution in [3.05, 3.63) is 45.4 Å². The number of rotatable bonds is 5. The molecule has 0 aliphatic carbocycles. The number of benzene rings is 1. The van der Waals surface area contributed by atoms with E-state index in [4.69, 9.17) is 10.5 Å². The molecule has 22 heavy (non-hydrogen) atoms. The molecule has 120 valence electrons. The molecule has 5 nitrogen and oxygen atoms in total. The fourth-order valence-electron chi connectivity index (χ4n) is 2.01. The van der Waals surface area contributed by atoms with Crippen molar-refractivity contribution in [2.75, 3.05) is 12.4 Å². The summed E-state index contributed by atoms with van der Waals surface area (Å²) in [4.78, 5) is 8.72. The maximum atomic E-state index is 5.91. The monoisotopic (exact) mass is 432 g/mol. The van der Waals surface area contributed by atoms with Crippen LogP contribution in [0.1, 0.15) is 21.8 Å². The fourth-order valence-corrected chi connectivity index (χ4v) is 2.77. The summed E-state index contributed by atoms with van der Waals surface area (Å²) in [5.74, 6) is 0.390. The van der Waals surface area contributed by atoms with Gasteiger partial charge < -0.3 is 15.8 Å². The Hall–Kier alpha value is -1.19. The summed E-state index contributed by atoms with van der Waals surface area (Å²) >= 11 is 1.57. The Labute approximate surface area is 152 Å². The molecule has 0 saturated carbocycles. The Balaban J connectivity index is 0.00000242. The molecule has 0 unspecified atom stereocenters. The first kappa shape index (κ1) is 18.9. The van der Waals surface area contributed by atoms with Gasteiger partial charge in [-0.2, -0.15) is 0 Å². The summed E-state index contributed by atoms with van der Waals surface area (Å²) in [7, 11) is 1.66. The number of nitrogens with zero attached hydrogens (tertiary/aromatic N) is 2. The minimum atomic E-state index is 0. The number of aryl methyl sites for hydroxylation is 2. The number of aromatic nitrogens is 1. The number of ether oxygens (including phenoxy) is 1. The van der Waals surface area contributed by atoms with Gasteiger partial charge >= 0.3 is 0 Å². The van der Waals surface area contributed by atoms with Crippen molar-refractivity contribution in [2.24, 2.45) is 10.7 Å². The zero-order valence-electron chi connectivity index (χ0n) is 12.9. The van der Waals surface area contributed by atoms with E-state index in [1.54, 1.807) is 18.4 Å². The molecule has 0 amide bonds. The van der Waals surface area contributed by atoms with Crippen LogP contribution in [-0.2, 0) is 17.9 Å². The lowest BCUT2D eigenvalue weighted by atomic mass is 10.1. The van der Waals surface area contributed by atoms with Crippen molar-refractivity contribution in [3.63, 3.8) is 0 Å². The van der Waals surface area contributed by atoms with E-state index < -0.39 is 0 Å². The largest absolute Gasteiger partial charge is 0.378 e. The molecular weight excluding hydrogens is 411 g/mol. The summed E-state index contributed by atoms with van der Waals surface area (Å²) in [6, 6.07) is 6.19. The number of aliphatic imine (C=N–C) groups is 1. The van der Waals surface area contributed by atoms with Gasteiger partial charge in [0.1, 0.15) is 5.01 Å². The van der Waals surface area contributed by atoms with Crippen molar-refractivity contribution in [3.8, 4) is 0 Å². The van der Waals surface area contributed by atoms with Gasteiger partial charge in [-0.15, -0.1) is 35.3 Å². The number of methoxy groups -OCH3 is 1. The number of halogens is 1. The fraction of sp³-hybridized carbons (Fsp3) is 0.333. The van der Waals surface area contributed by atoms with Crippen LogP contribution in [0.3, 0.4) is 0 Å². The molecule has 0 aliphatic rings. The van der Waals surface area contributed by atoms with E-state index in [1.165, 1.54) is 11.1 Å². The summed E-state index contributed by atoms with van der Waals surface area (Å²) in [5.41, 5.74) is 10.1. The van der Waals surface area contributed by atoms with Gasteiger partial charge in [-0.1, -0.05) is 6.07 Å². The molecule has 1 heterocycles. The van der Waals surface area contributed by atoms with Crippen LogP contribution in [0.15, 0.2) is 28.6 Å². The summed E-state index contributed by atoms with van der Waals surface area (Å²) in [6.45, 7) is 5.10. The smallest absolute Gasteiger partial charge is 0.193 e. The van der Waals surface area contributed by atoms with Gasteiger partial charge in [0, 0.05) is 18.2 Å². The van der Waals surface area contributed by atoms with Crippen LogP contribution >= 0.6 is 35.3 Å². The molecule has 0 spiro atoms. The number of hydrogen-bond acceptors (Lipinski definition) is 4. The molecule has 7 heteroatoms. The standard InChI is InChI=1S/C15H20N4OS.HI/c1-10-4-11(2)6-12(5-10)19-15(16)17-7-13-9-21-14(18-13)8-20-3;/h4-6,9H,7-8H2,1-3H3,(H3,16,17,19);1H. The molecule has 0 atom stereocenters. The van der Waals surface area contributed by atoms with E-state index in [1.807, 2.05) is 17.5 Å². The van der Waals surface area contributed by atoms with E-state index in [2.05, 4.69) is 35.2 Å². The van der Waals surface area contributed by atoms with E-state index in [0.29, 0.717) is 19.1 Å². The Kier molecular flexibility index (Phi) is 7.77. The van der Waals surface area contributed by atoms with Gasteiger partial charge in [0.15, 0.2) is 5.96 Å². The molecule has 2 aromatic rings. The topological polar surface area (TPSA) is 72.5 Å². The SMILES string of the molecule is COCc1nc(CN=C(N)Nc2cc(C)cc(C)c2)cs1.I. The Morgan fingerprint density at radius 2 is 2.00 bits per heavy atom. The first-order valence-corrected chi connectivity index (χ1v) is 7.52. The number of nitrogens with one attached hydrogen (secondary N) is 1. The number of hydrogen-bond donors (Lipinski definition) is 2. The third kappa shape index (κ3) is 5.90. The van der Waals surface area contributed by atoms with Crippen molar-refractivity contribution in [2.45, 2.75) is 27.0 Å². The second kappa shape index (κ2) is 9.06. The zero-order chi connectivity index (χ0) is 15.2. The van der Waals surface area contributed by atoms with Crippen LogP contribution in [0.2, 0.25) is 0 Å². The molecule has 0 fully saturated rings. The second-order valence-corrected chi connectivity index (χ2v) is 5.81. The van der Waals surface area contributed by atoms with Crippen LogP contribution in [0.25, 0.3) is 0 Å². The quantitative estimate of drug-likeness (QED) is 0.431. The highest BCUT2D eigenvalue weighted by Crippen LogP contribution is 2.14. The Morgan fingerprint density at radius 1 is 1.32 bits per heavy atom. The average Bonchev–Trinajstić information content (AvgIpc) is 2.83. The maximum absolute atomic E-state index is 5.91. The van der Waals surface area contributed by atoms with Crippen LogP contribution in [0, 0.1) is 13.8 Å². The molecule has 1 aromatic carbocycles. The van der Waals surface area contributed by atoms with Crippen LogP contribution < -0.4 is 11.1 Å². The normalized spacial score (nSPS) is 11.1. The molecule has 0 radical (unpaired) electrons. The minimum absolute atomic E-state index is 0. The third-order valence-corrected chi connectivity index (χ3v) is 3.64. The first-order chi connectivity index (χ1) is 10.1. The highest BCUT2D eigenvalue weighted by molar-refractivity contribution is 14.0. The molecule has 1 aromatic heterocycles. The highest BCUT2D eigenvalue weighted by atomic mass is 127. The first-order valence-electron chi connectivity index (χ1n) is 6.64. The van der Waals surface area contributed by atoms with Gasteiger partial charge in [-0.05, 0) is 37.1 Å². The highest BCUT2D eigenvalue weighted by Gasteiger charge is 2.02. The van der Waals surface area contributed by atoms with Gasteiger partial charge in [-0.25, -0.2) is 9.98 Å². The lowest BCUT2D eigenvalue weighted by molar-refractivity contribution is 0.184. The number of guanidine groups is 1. The van der Waals surface area contributed by atoms with Crippen LogP contribution in [0.5, 0.6) is 0 Å². The molecule has 3 N–H and O–H groups in total. The van der Waals surface area contributed by atoms with Crippen molar-refractivity contribution in [1.82, 2.24) is 4.98 Å². The minimum Gasteiger partial charge on any atom is -0.378 e. The van der Waals surface area contributed by atoms with Crippen LogP contribution in [0.4, 0.5) is 5.69 Å². The number of thiazole rings is 1. The number of anilines is 1.